The van der Waals surface area contributed by atoms with Crippen LogP contribution in [-0.4, -0.2) is 11.2 Å². The minimum absolute atomic E-state index is 0. The number of halogens is 5. The lowest BCUT2D eigenvalue weighted by Gasteiger charge is -2.26. The first-order chi connectivity index (χ1) is 9.30. The van der Waals surface area contributed by atoms with Crippen molar-refractivity contribution in [3.63, 3.8) is 0 Å². The van der Waals surface area contributed by atoms with Crippen LogP contribution in [-0.2, 0) is 6.18 Å². The largest absolute Gasteiger partial charge is 0.416 e. The zero-order valence-electron chi connectivity index (χ0n) is 11.2. The van der Waals surface area contributed by atoms with Crippen LogP contribution in [0.25, 0.3) is 0 Å². The van der Waals surface area contributed by atoms with E-state index in [2.05, 4.69) is 15.9 Å². The fourth-order valence-corrected chi connectivity index (χ4v) is 3.26. The molecule has 0 aliphatic heterocycles. The van der Waals surface area contributed by atoms with Gasteiger partial charge in [-0.2, -0.15) is 13.2 Å². The van der Waals surface area contributed by atoms with Crippen molar-refractivity contribution in [1.82, 2.24) is 0 Å². The summed E-state index contributed by atoms with van der Waals surface area (Å²) in [6.07, 6.45) is -1.38. The molecule has 1 aromatic carbocycles. The molecule has 0 aromatic heterocycles. The summed E-state index contributed by atoms with van der Waals surface area (Å²) in [5.74, 6) is 0.0754. The smallest absolute Gasteiger partial charge is 0.391 e. The lowest BCUT2D eigenvalue weighted by molar-refractivity contribution is -0.137. The predicted octanol–water partition coefficient (Wildman–Crippen LogP) is 4.44. The van der Waals surface area contributed by atoms with Gasteiger partial charge in [0.1, 0.15) is 0 Å². The first-order valence-electron chi connectivity index (χ1n) is 6.61. The highest BCUT2D eigenvalue weighted by Gasteiger charge is 2.34. The van der Waals surface area contributed by atoms with E-state index in [1.54, 1.807) is 0 Å². The summed E-state index contributed by atoms with van der Waals surface area (Å²) < 4.78 is 38.7. The Balaban J connectivity index is 0.00000220. The number of hydrogen-bond acceptors (Lipinski definition) is 2. The third-order valence-electron chi connectivity index (χ3n) is 3.93. The van der Waals surface area contributed by atoms with E-state index in [1.165, 1.54) is 6.07 Å². The number of aliphatic hydroxyl groups is 1. The first kappa shape index (κ1) is 18.7. The van der Waals surface area contributed by atoms with Crippen molar-refractivity contribution < 1.29 is 18.3 Å². The Morgan fingerprint density at radius 3 is 2.33 bits per heavy atom. The highest BCUT2D eigenvalue weighted by atomic mass is 79.9. The molecule has 7 heteroatoms. The van der Waals surface area contributed by atoms with Gasteiger partial charge in [-0.1, -0.05) is 28.8 Å². The van der Waals surface area contributed by atoms with Gasteiger partial charge in [-0.05, 0) is 42.5 Å². The minimum Gasteiger partial charge on any atom is -0.391 e. The summed E-state index contributed by atoms with van der Waals surface area (Å²) in [4.78, 5) is 0. The molecule has 0 bridgehead atoms. The van der Waals surface area contributed by atoms with E-state index in [-0.39, 0.29) is 18.3 Å². The number of benzene rings is 1. The zero-order chi connectivity index (χ0) is 14.9. The number of nitrogens with two attached hydrogens (primary N) is 1. The second-order valence-electron chi connectivity index (χ2n) is 5.29. The molecule has 120 valence electrons. The predicted molar refractivity (Wildman–Crippen MR) is 81.3 cm³/mol. The second-order valence-corrected chi connectivity index (χ2v) is 6.15. The highest BCUT2D eigenvalue weighted by Crippen LogP contribution is 2.37. The lowest BCUT2D eigenvalue weighted by atomic mass is 9.90. The second kappa shape index (κ2) is 7.31. The van der Waals surface area contributed by atoms with E-state index in [4.69, 9.17) is 5.73 Å². The van der Waals surface area contributed by atoms with Crippen LogP contribution in [0.2, 0.25) is 0 Å². The van der Waals surface area contributed by atoms with E-state index in [0.717, 1.165) is 37.8 Å². The summed E-state index contributed by atoms with van der Waals surface area (Å²) in [5.41, 5.74) is 5.54. The summed E-state index contributed by atoms with van der Waals surface area (Å²) in [6, 6.07) is 2.55. The van der Waals surface area contributed by atoms with Crippen molar-refractivity contribution in [3.8, 4) is 0 Å². The number of aliphatic hydroxyl groups excluding tert-OH is 1. The van der Waals surface area contributed by atoms with Crippen molar-refractivity contribution in [2.24, 2.45) is 11.7 Å². The van der Waals surface area contributed by atoms with Crippen LogP contribution in [0.5, 0.6) is 0 Å². The molecule has 1 aromatic rings. The van der Waals surface area contributed by atoms with Crippen LogP contribution in [0, 0.1) is 5.92 Å². The van der Waals surface area contributed by atoms with Gasteiger partial charge in [-0.25, -0.2) is 0 Å². The van der Waals surface area contributed by atoms with E-state index < -0.39 is 23.9 Å². The van der Waals surface area contributed by atoms with Crippen molar-refractivity contribution in [2.45, 2.75) is 44.0 Å². The Bertz CT molecular complexity index is 478. The molecule has 0 amide bonds. The Kier molecular flexibility index (Phi) is 6.53. The first-order valence-corrected chi connectivity index (χ1v) is 7.40. The molecule has 2 rings (SSSR count). The van der Waals surface area contributed by atoms with Gasteiger partial charge in [0.2, 0.25) is 0 Å². The molecule has 1 saturated carbocycles. The van der Waals surface area contributed by atoms with Crippen molar-refractivity contribution in [3.05, 3.63) is 33.8 Å². The van der Waals surface area contributed by atoms with Crippen LogP contribution in [0.4, 0.5) is 13.2 Å². The molecule has 1 fully saturated rings. The molecule has 0 radical (unpaired) electrons. The van der Waals surface area contributed by atoms with Gasteiger partial charge in [0.25, 0.3) is 0 Å². The Hall–Kier alpha value is -0.300. The SMILES string of the molecule is Cl.N[C@H](c1cc(C(F)(F)F)ccc1Br)[C@@H](O)C1CCCC1. The summed E-state index contributed by atoms with van der Waals surface area (Å²) in [6.45, 7) is 0. The van der Waals surface area contributed by atoms with Crippen LogP contribution in [0.15, 0.2) is 22.7 Å². The monoisotopic (exact) mass is 387 g/mol. The summed E-state index contributed by atoms with van der Waals surface area (Å²) >= 11 is 3.22. The van der Waals surface area contributed by atoms with Crippen LogP contribution >= 0.6 is 28.3 Å². The summed E-state index contributed by atoms with van der Waals surface area (Å²) in [7, 11) is 0. The zero-order valence-corrected chi connectivity index (χ0v) is 13.6. The van der Waals surface area contributed by atoms with E-state index in [0.29, 0.717) is 10.0 Å². The number of alkyl halides is 3. The average Bonchev–Trinajstić information content (AvgIpc) is 2.90. The van der Waals surface area contributed by atoms with Crippen LogP contribution < -0.4 is 5.73 Å². The third-order valence-corrected chi connectivity index (χ3v) is 4.66. The molecule has 2 atom stereocenters. The van der Waals surface area contributed by atoms with Gasteiger partial charge >= 0.3 is 6.18 Å². The molecule has 0 heterocycles. The van der Waals surface area contributed by atoms with Crippen LogP contribution in [0.3, 0.4) is 0 Å². The van der Waals surface area contributed by atoms with Crippen LogP contribution in [0.1, 0.15) is 42.9 Å². The molecule has 0 unspecified atom stereocenters. The standard InChI is InChI=1S/C14H17BrF3NO.ClH/c15-11-6-5-9(14(16,17)18)7-10(11)12(19)13(20)8-3-1-2-4-8;/h5-8,12-13,20H,1-4,19H2;1H/t12-,13+;/m1./s1. The maximum Gasteiger partial charge on any atom is 0.416 e. The Morgan fingerprint density at radius 1 is 1.24 bits per heavy atom. The molecule has 21 heavy (non-hydrogen) atoms. The van der Waals surface area contributed by atoms with Gasteiger partial charge in [0, 0.05) is 4.47 Å². The molecule has 0 spiro atoms. The number of rotatable bonds is 3. The van der Waals surface area contributed by atoms with Gasteiger partial charge in [-0.3, -0.25) is 0 Å². The van der Waals surface area contributed by atoms with E-state index >= 15 is 0 Å². The fourth-order valence-electron chi connectivity index (χ4n) is 2.75. The molecule has 3 N–H and O–H groups in total. The van der Waals surface area contributed by atoms with Gasteiger partial charge in [0.15, 0.2) is 0 Å². The van der Waals surface area contributed by atoms with Gasteiger partial charge < -0.3 is 10.8 Å². The third kappa shape index (κ3) is 4.34. The molecule has 2 nitrogen and oxygen atoms in total. The topological polar surface area (TPSA) is 46.2 Å². The van der Waals surface area contributed by atoms with Gasteiger partial charge in [-0.15, -0.1) is 12.4 Å². The quantitative estimate of drug-likeness (QED) is 0.804. The molecule has 0 saturated heterocycles. The highest BCUT2D eigenvalue weighted by molar-refractivity contribution is 9.10. The number of hydrogen-bond donors (Lipinski definition) is 2. The molecular formula is C14H18BrClF3NO. The van der Waals surface area contributed by atoms with E-state index in [1.807, 2.05) is 0 Å². The van der Waals surface area contributed by atoms with Gasteiger partial charge in [0.05, 0.1) is 17.7 Å². The summed E-state index contributed by atoms with van der Waals surface area (Å²) in [5, 5.41) is 10.3. The normalized spacial score (nSPS) is 19.1. The Morgan fingerprint density at radius 2 is 1.81 bits per heavy atom. The molecule has 1 aliphatic rings. The Labute approximate surface area is 136 Å². The fraction of sp³-hybridized carbons (Fsp3) is 0.571. The maximum absolute atomic E-state index is 12.7. The lowest BCUT2D eigenvalue weighted by Crippen LogP contribution is -2.32. The minimum atomic E-state index is -4.41. The average molecular weight is 389 g/mol. The van der Waals surface area contributed by atoms with E-state index in [9.17, 15) is 18.3 Å². The molecule has 1 aliphatic carbocycles. The van der Waals surface area contributed by atoms with Crippen molar-refractivity contribution >= 4 is 28.3 Å². The molecular weight excluding hydrogens is 371 g/mol. The maximum atomic E-state index is 12.7. The van der Waals surface area contributed by atoms with Crippen molar-refractivity contribution in [2.75, 3.05) is 0 Å². The van der Waals surface area contributed by atoms with Crippen molar-refractivity contribution in [1.29, 1.82) is 0 Å².